The van der Waals surface area contributed by atoms with Gasteiger partial charge < -0.3 is 10.5 Å². The van der Waals surface area contributed by atoms with Gasteiger partial charge in [-0.3, -0.25) is 4.79 Å². The summed E-state index contributed by atoms with van der Waals surface area (Å²) in [5.74, 6) is -0.182. The maximum absolute atomic E-state index is 11.0. The molecular formula is C13H8ClN3O2. The Hall–Kier alpha value is -2.58. The fraction of sp³-hybridized carbons (Fsp3) is 0. The fourth-order valence-electron chi connectivity index (χ4n) is 1.39. The number of ether oxygens (including phenoxy) is 1. The van der Waals surface area contributed by atoms with Gasteiger partial charge in [0.1, 0.15) is 16.8 Å². The molecule has 1 aromatic carbocycles. The first-order valence-corrected chi connectivity index (χ1v) is 5.62. The minimum absolute atomic E-state index is 0.106. The summed E-state index contributed by atoms with van der Waals surface area (Å²) in [6.45, 7) is 0. The third-order valence-electron chi connectivity index (χ3n) is 2.31. The molecule has 1 heterocycles. The minimum atomic E-state index is -0.627. The Bertz CT molecular complexity index is 680. The van der Waals surface area contributed by atoms with Crippen molar-refractivity contribution >= 4 is 17.5 Å². The van der Waals surface area contributed by atoms with Crippen LogP contribution in [-0.4, -0.2) is 10.9 Å². The predicted octanol–water partition coefficient (Wildman–Crippen LogP) is 2.50. The van der Waals surface area contributed by atoms with Crippen molar-refractivity contribution in [2.24, 2.45) is 5.73 Å². The van der Waals surface area contributed by atoms with Crippen molar-refractivity contribution < 1.29 is 9.53 Å². The number of primary amides is 1. The van der Waals surface area contributed by atoms with Gasteiger partial charge in [0.25, 0.3) is 0 Å². The summed E-state index contributed by atoms with van der Waals surface area (Å²) >= 11 is 5.94. The summed E-state index contributed by atoms with van der Waals surface area (Å²) in [6.07, 6.45) is 1.26. The van der Waals surface area contributed by atoms with Crippen molar-refractivity contribution in [3.05, 3.63) is 52.7 Å². The van der Waals surface area contributed by atoms with E-state index in [9.17, 15) is 4.79 Å². The normalized spacial score (nSPS) is 9.68. The molecule has 2 N–H and O–H groups in total. The van der Waals surface area contributed by atoms with E-state index in [4.69, 9.17) is 27.3 Å². The summed E-state index contributed by atoms with van der Waals surface area (Å²) in [5.41, 5.74) is 5.66. The zero-order valence-corrected chi connectivity index (χ0v) is 10.4. The lowest BCUT2D eigenvalue weighted by molar-refractivity contribution is 0.1000. The lowest BCUT2D eigenvalue weighted by Crippen LogP contribution is -2.11. The molecule has 0 radical (unpaired) electrons. The third kappa shape index (κ3) is 2.81. The molecule has 0 spiro atoms. The Morgan fingerprint density at radius 2 is 2.16 bits per heavy atom. The van der Waals surface area contributed by atoms with Crippen LogP contribution in [0.1, 0.15) is 15.9 Å². The maximum Gasteiger partial charge on any atom is 0.250 e. The maximum atomic E-state index is 11.0. The van der Waals surface area contributed by atoms with E-state index in [1.807, 2.05) is 6.07 Å². The molecule has 0 saturated heterocycles. The van der Waals surface area contributed by atoms with Crippen molar-refractivity contribution in [1.82, 2.24) is 4.98 Å². The third-order valence-corrected chi connectivity index (χ3v) is 2.58. The Morgan fingerprint density at radius 1 is 1.42 bits per heavy atom. The number of amides is 1. The highest BCUT2D eigenvalue weighted by Gasteiger charge is 2.11. The summed E-state index contributed by atoms with van der Waals surface area (Å²) < 4.78 is 5.45. The van der Waals surface area contributed by atoms with Crippen molar-refractivity contribution in [1.29, 1.82) is 5.26 Å². The number of benzene rings is 1. The quantitative estimate of drug-likeness (QED) is 0.930. The van der Waals surface area contributed by atoms with Crippen LogP contribution in [-0.2, 0) is 0 Å². The van der Waals surface area contributed by atoms with Gasteiger partial charge in [0.05, 0.1) is 11.1 Å². The number of nitrogens with two attached hydrogens (primary N) is 1. The van der Waals surface area contributed by atoms with Crippen molar-refractivity contribution in [3.8, 4) is 17.7 Å². The molecule has 1 amide bonds. The summed E-state index contributed by atoms with van der Waals surface area (Å²) in [7, 11) is 0. The molecule has 0 aliphatic heterocycles. The molecule has 19 heavy (non-hydrogen) atoms. The van der Waals surface area contributed by atoms with Crippen LogP contribution in [0.5, 0.6) is 11.6 Å². The number of pyridine rings is 1. The molecule has 94 valence electrons. The lowest BCUT2D eigenvalue weighted by atomic mass is 10.2. The highest BCUT2D eigenvalue weighted by molar-refractivity contribution is 6.32. The number of para-hydroxylation sites is 1. The van der Waals surface area contributed by atoms with E-state index in [1.165, 1.54) is 12.3 Å². The summed E-state index contributed by atoms with van der Waals surface area (Å²) in [5, 5.41) is 9.08. The molecule has 0 atom stereocenters. The SMILES string of the molecule is N#Cc1ccccc1Oc1ncc(C(N)=O)cc1Cl. The zero-order chi connectivity index (χ0) is 13.8. The molecule has 5 nitrogen and oxygen atoms in total. The van der Waals surface area contributed by atoms with E-state index < -0.39 is 5.91 Å². The minimum Gasteiger partial charge on any atom is -0.436 e. The first kappa shape index (κ1) is 12.9. The topological polar surface area (TPSA) is 89.0 Å². The molecule has 0 aliphatic rings. The second-order valence-electron chi connectivity index (χ2n) is 3.59. The average Bonchev–Trinajstić information content (AvgIpc) is 2.41. The number of aromatic nitrogens is 1. The number of hydrogen-bond donors (Lipinski definition) is 1. The van der Waals surface area contributed by atoms with Crippen LogP contribution < -0.4 is 10.5 Å². The molecular weight excluding hydrogens is 266 g/mol. The first-order chi connectivity index (χ1) is 9.11. The molecule has 2 aromatic rings. The second kappa shape index (κ2) is 5.38. The van der Waals surface area contributed by atoms with Gasteiger partial charge in [0.15, 0.2) is 0 Å². The second-order valence-corrected chi connectivity index (χ2v) is 3.99. The van der Waals surface area contributed by atoms with E-state index in [1.54, 1.807) is 24.3 Å². The van der Waals surface area contributed by atoms with Crippen LogP contribution in [0.25, 0.3) is 0 Å². The standard InChI is InChI=1S/C13H8ClN3O2/c14-10-5-9(12(16)18)7-17-13(10)19-11-4-2-1-3-8(11)6-15/h1-5,7H,(H2,16,18). The van der Waals surface area contributed by atoms with Gasteiger partial charge in [-0.25, -0.2) is 4.98 Å². The van der Waals surface area contributed by atoms with Crippen molar-refractivity contribution in [2.75, 3.05) is 0 Å². The van der Waals surface area contributed by atoms with Crippen LogP contribution in [0.2, 0.25) is 5.02 Å². The Kier molecular flexibility index (Phi) is 3.64. The molecule has 0 fully saturated rings. The van der Waals surface area contributed by atoms with E-state index in [0.717, 1.165) is 0 Å². The Balaban J connectivity index is 2.34. The Morgan fingerprint density at radius 3 is 2.79 bits per heavy atom. The smallest absolute Gasteiger partial charge is 0.250 e. The van der Waals surface area contributed by atoms with Crippen LogP contribution >= 0.6 is 11.6 Å². The molecule has 2 rings (SSSR count). The monoisotopic (exact) mass is 273 g/mol. The van der Waals surface area contributed by atoms with Gasteiger partial charge in [-0.2, -0.15) is 5.26 Å². The summed E-state index contributed by atoms with van der Waals surface area (Å²) in [4.78, 5) is 14.9. The molecule has 0 unspecified atom stereocenters. The molecule has 6 heteroatoms. The number of hydrogen-bond acceptors (Lipinski definition) is 4. The van der Waals surface area contributed by atoms with Gasteiger partial charge >= 0.3 is 0 Å². The van der Waals surface area contributed by atoms with Crippen LogP contribution in [0, 0.1) is 11.3 Å². The first-order valence-electron chi connectivity index (χ1n) is 5.24. The number of nitrogens with zero attached hydrogens (tertiary/aromatic N) is 2. The van der Waals surface area contributed by atoms with Crippen LogP contribution in [0.15, 0.2) is 36.5 Å². The zero-order valence-electron chi connectivity index (χ0n) is 9.63. The number of carbonyl (C=O) groups excluding carboxylic acids is 1. The van der Waals surface area contributed by atoms with Crippen molar-refractivity contribution in [2.45, 2.75) is 0 Å². The predicted molar refractivity (Wildman–Crippen MR) is 69.0 cm³/mol. The number of halogens is 1. The molecule has 0 saturated carbocycles. The van der Waals surface area contributed by atoms with Gasteiger partial charge in [-0.15, -0.1) is 0 Å². The van der Waals surface area contributed by atoms with Crippen molar-refractivity contribution in [3.63, 3.8) is 0 Å². The number of carbonyl (C=O) groups is 1. The highest BCUT2D eigenvalue weighted by atomic mass is 35.5. The van der Waals surface area contributed by atoms with Gasteiger partial charge in [0, 0.05) is 6.20 Å². The average molecular weight is 274 g/mol. The number of rotatable bonds is 3. The van der Waals surface area contributed by atoms with E-state index in [2.05, 4.69) is 4.98 Å². The molecule has 1 aromatic heterocycles. The lowest BCUT2D eigenvalue weighted by Gasteiger charge is -2.08. The van der Waals surface area contributed by atoms with Crippen LogP contribution in [0.3, 0.4) is 0 Å². The summed E-state index contributed by atoms with van der Waals surface area (Å²) in [6, 6.07) is 10.0. The van der Waals surface area contributed by atoms with Crippen LogP contribution in [0.4, 0.5) is 0 Å². The van der Waals surface area contributed by atoms with Gasteiger partial charge in [0.2, 0.25) is 11.8 Å². The van der Waals surface area contributed by atoms with Gasteiger partial charge in [-0.1, -0.05) is 23.7 Å². The largest absolute Gasteiger partial charge is 0.436 e. The van der Waals surface area contributed by atoms with E-state index in [-0.39, 0.29) is 16.5 Å². The Labute approximate surface area is 114 Å². The highest BCUT2D eigenvalue weighted by Crippen LogP contribution is 2.29. The molecule has 0 bridgehead atoms. The number of nitriles is 1. The molecule has 0 aliphatic carbocycles. The van der Waals surface area contributed by atoms with Gasteiger partial charge in [-0.05, 0) is 18.2 Å². The van der Waals surface area contributed by atoms with E-state index >= 15 is 0 Å². The van der Waals surface area contributed by atoms with E-state index in [0.29, 0.717) is 11.3 Å². The fourth-order valence-corrected chi connectivity index (χ4v) is 1.59.